The molecule has 0 unspecified atom stereocenters. The third kappa shape index (κ3) is 3.91. The molecule has 3 rings (SSSR count). The van der Waals surface area contributed by atoms with E-state index in [0.717, 1.165) is 31.4 Å². The van der Waals surface area contributed by atoms with Crippen LogP contribution in [-0.4, -0.2) is 6.10 Å². The van der Waals surface area contributed by atoms with Crippen LogP contribution in [0.5, 0.6) is 5.75 Å². The lowest BCUT2D eigenvalue weighted by molar-refractivity contribution is 0.209. The molecule has 0 N–H and O–H groups in total. The molecular weight excluding hydrogens is 292 g/mol. The smallest absolute Gasteiger partial charge is 0.127 e. The van der Waals surface area contributed by atoms with Crippen LogP contribution < -0.4 is 4.74 Å². The molecule has 0 amide bonds. The summed E-state index contributed by atoms with van der Waals surface area (Å²) in [5.41, 5.74) is 8.27. The summed E-state index contributed by atoms with van der Waals surface area (Å²) in [4.78, 5) is 0. The summed E-state index contributed by atoms with van der Waals surface area (Å²) in [5, 5.41) is 0. The molecule has 1 fully saturated rings. The van der Waals surface area contributed by atoms with Crippen LogP contribution in [0.1, 0.15) is 63.0 Å². The lowest BCUT2D eigenvalue weighted by atomic mass is 9.89. The second-order valence-corrected chi connectivity index (χ2v) is 6.75. The second-order valence-electron chi connectivity index (χ2n) is 6.75. The lowest BCUT2D eigenvalue weighted by Crippen LogP contribution is -2.12. The largest absolute Gasteiger partial charge is 0.490 e. The monoisotopic (exact) mass is 320 g/mol. The van der Waals surface area contributed by atoms with Crippen LogP contribution >= 0.6 is 0 Å². The topological polar surface area (TPSA) is 9.23 Å². The third-order valence-electron chi connectivity index (χ3n) is 5.04. The summed E-state index contributed by atoms with van der Waals surface area (Å²) < 4.78 is 6.41. The van der Waals surface area contributed by atoms with Crippen molar-refractivity contribution in [2.75, 3.05) is 0 Å². The van der Waals surface area contributed by atoms with Gasteiger partial charge in [-0.1, -0.05) is 31.7 Å². The lowest BCUT2D eigenvalue weighted by Gasteiger charge is -2.22. The van der Waals surface area contributed by atoms with E-state index in [9.17, 15) is 0 Å². The highest BCUT2D eigenvalue weighted by atomic mass is 16.5. The van der Waals surface area contributed by atoms with Crippen LogP contribution in [0.3, 0.4) is 0 Å². The molecule has 24 heavy (non-hydrogen) atoms. The molecule has 0 atom stereocenters. The van der Waals surface area contributed by atoms with Crippen LogP contribution in [-0.2, 0) is 6.42 Å². The normalized spacial score (nSPS) is 17.9. The van der Waals surface area contributed by atoms with Crippen molar-refractivity contribution >= 4 is 5.57 Å². The Balaban J connectivity index is 1.96. The van der Waals surface area contributed by atoms with Crippen molar-refractivity contribution in [3.8, 4) is 5.75 Å². The van der Waals surface area contributed by atoms with Crippen LogP contribution in [0.2, 0.25) is 0 Å². The summed E-state index contributed by atoms with van der Waals surface area (Å²) in [6, 6.07) is 6.65. The number of rotatable bonds is 6. The Hall–Kier alpha value is -1.98. The van der Waals surface area contributed by atoms with Crippen molar-refractivity contribution in [1.82, 2.24) is 0 Å². The summed E-state index contributed by atoms with van der Waals surface area (Å²) in [6.07, 6.45) is 16.4. The van der Waals surface area contributed by atoms with Gasteiger partial charge in [0.05, 0.1) is 6.10 Å². The molecule has 1 heteroatoms. The molecule has 126 valence electrons. The van der Waals surface area contributed by atoms with Gasteiger partial charge in [-0.25, -0.2) is 0 Å². The number of benzene rings is 1. The molecule has 1 nitrogen and oxygen atoms in total. The van der Waals surface area contributed by atoms with Crippen molar-refractivity contribution in [1.29, 1.82) is 0 Å². The maximum atomic E-state index is 6.41. The zero-order valence-electron chi connectivity index (χ0n) is 14.8. The predicted octanol–water partition coefficient (Wildman–Crippen LogP) is 6.41. The molecule has 0 saturated heterocycles. The highest BCUT2D eigenvalue weighted by Crippen LogP contribution is 2.38. The van der Waals surface area contributed by atoms with Gasteiger partial charge in [0.25, 0.3) is 0 Å². The molecular formula is C23H28O. The number of hydrogen-bond donors (Lipinski definition) is 0. The van der Waals surface area contributed by atoms with Gasteiger partial charge in [0, 0.05) is 5.56 Å². The molecule has 0 radical (unpaired) electrons. The molecule has 0 spiro atoms. The molecule has 0 aromatic heterocycles. The van der Waals surface area contributed by atoms with E-state index < -0.39 is 0 Å². The average molecular weight is 320 g/mol. The zero-order valence-corrected chi connectivity index (χ0v) is 14.8. The van der Waals surface area contributed by atoms with Gasteiger partial charge in [-0.05, 0) is 86.3 Å². The summed E-state index contributed by atoms with van der Waals surface area (Å²) >= 11 is 0. The fourth-order valence-electron chi connectivity index (χ4n) is 3.74. The molecule has 1 aromatic carbocycles. The molecule has 1 aromatic rings. The van der Waals surface area contributed by atoms with Gasteiger partial charge in [0.2, 0.25) is 0 Å². The van der Waals surface area contributed by atoms with Gasteiger partial charge in [0.1, 0.15) is 5.75 Å². The molecule has 0 bridgehead atoms. The van der Waals surface area contributed by atoms with E-state index in [1.807, 2.05) is 6.08 Å². The van der Waals surface area contributed by atoms with E-state index in [1.165, 1.54) is 48.0 Å². The van der Waals surface area contributed by atoms with Gasteiger partial charge >= 0.3 is 0 Å². The first-order chi connectivity index (χ1) is 11.8. The van der Waals surface area contributed by atoms with E-state index in [2.05, 4.69) is 49.6 Å². The van der Waals surface area contributed by atoms with Crippen LogP contribution in [0, 0.1) is 0 Å². The van der Waals surface area contributed by atoms with E-state index in [4.69, 9.17) is 4.74 Å². The van der Waals surface area contributed by atoms with Gasteiger partial charge in [-0.2, -0.15) is 0 Å². The van der Waals surface area contributed by atoms with Crippen molar-refractivity contribution in [2.24, 2.45) is 0 Å². The zero-order chi connectivity index (χ0) is 16.8. The molecule has 2 aliphatic rings. The summed E-state index contributed by atoms with van der Waals surface area (Å²) in [7, 11) is 0. The third-order valence-corrected chi connectivity index (χ3v) is 5.04. The van der Waals surface area contributed by atoms with Crippen LogP contribution in [0.25, 0.3) is 5.57 Å². The highest BCUT2D eigenvalue weighted by molar-refractivity contribution is 5.83. The van der Waals surface area contributed by atoms with E-state index in [1.54, 1.807) is 0 Å². The first-order valence-corrected chi connectivity index (χ1v) is 9.35. The fraction of sp³-hybridized carbons (Fsp3) is 0.435. The first-order valence-electron chi connectivity index (χ1n) is 9.35. The molecule has 0 aliphatic heterocycles. The van der Waals surface area contributed by atoms with Gasteiger partial charge in [-0.15, -0.1) is 5.73 Å². The van der Waals surface area contributed by atoms with Crippen molar-refractivity contribution in [2.45, 2.75) is 64.4 Å². The average Bonchev–Trinajstić information content (AvgIpc) is 3.14. The van der Waals surface area contributed by atoms with Crippen LogP contribution in [0.4, 0.5) is 0 Å². The van der Waals surface area contributed by atoms with Gasteiger partial charge < -0.3 is 4.74 Å². The fourth-order valence-corrected chi connectivity index (χ4v) is 3.74. The Morgan fingerprint density at radius 1 is 1.21 bits per heavy atom. The highest BCUT2D eigenvalue weighted by Gasteiger charge is 2.20. The minimum Gasteiger partial charge on any atom is -0.490 e. The van der Waals surface area contributed by atoms with Gasteiger partial charge in [-0.3, -0.25) is 0 Å². The van der Waals surface area contributed by atoms with Crippen molar-refractivity contribution < 1.29 is 4.74 Å². The van der Waals surface area contributed by atoms with E-state index in [-0.39, 0.29) is 0 Å². The van der Waals surface area contributed by atoms with E-state index in [0.29, 0.717) is 6.10 Å². The Bertz CT molecular complexity index is 680. The molecule has 2 aliphatic carbocycles. The first kappa shape index (κ1) is 16.9. The Labute approximate surface area is 146 Å². The number of hydrogen-bond acceptors (Lipinski definition) is 1. The minimum absolute atomic E-state index is 0.390. The Morgan fingerprint density at radius 2 is 2.00 bits per heavy atom. The van der Waals surface area contributed by atoms with Crippen molar-refractivity contribution in [3.63, 3.8) is 0 Å². The maximum Gasteiger partial charge on any atom is 0.127 e. The minimum atomic E-state index is 0.390. The van der Waals surface area contributed by atoms with E-state index >= 15 is 0 Å². The Morgan fingerprint density at radius 3 is 2.75 bits per heavy atom. The second kappa shape index (κ2) is 8.22. The molecule has 0 heterocycles. The Kier molecular flexibility index (Phi) is 5.77. The standard InChI is InChI=1S/C23H28O/c1-3-5-10-18-15-16-23(24-20-12-7-8-13-20)22(17-18)21-14-9-6-11-19(21)4-2/h5,11,14-17,20H,1,4,6-10,12-13H2,2H3. The predicted molar refractivity (Wildman–Crippen MR) is 102 cm³/mol. The van der Waals surface area contributed by atoms with Crippen LogP contribution in [0.15, 0.2) is 54.3 Å². The maximum absolute atomic E-state index is 6.41. The summed E-state index contributed by atoms with van der Waals surface area (Å²) in [6.45, 7) is 5.92. The summed E-state index contributed by atoms with van der Waals surface area (Å²) in [5.74, 6) is 1.06. The SMILES string of the molecule is C=C=CCc1ccc(OC2CCCC2)c(C2=CCCC=C2CC)c1. The number of ether oxygens (including phenoxy) is 1. The number of allylic oxidation sites excluding steroid dienone is 5. The quantitative estimate of drug-likeness (QED) is 0.551. The molecule has 1 saturated carbocycles. The van der Waals surface area contributed by atoms with Gasteiger partial charge in [0.15, 0.2) is 0 Å². The van der Waals surface area contributed by atoms with Crippen molar-refractivity contribution in [3.05, 3.63) is 65.4 Å².